The maximum Gasteiger partial charge on any atom is 0.251 e. The molecule has 3 amide bonds. The molecule has 2 heterocycles. The highest BCUT2D eigenvalue weighted by Crippen LogP contribution is 2.33. The molecule has 1 atom stereocenters. The molecule has 1 aromatic rings. The lowest BCUT2D eigenvalue weighted by Gasteiger charge is -2.37. The van der Waals surface area contributed by atoms with Gasteiger partial charge < -0.3 is 15.1 Å². The summed E-state index contributed by atoms with van der Waals surface area (Å²) in [5.74, 6) is -0.369. The first-order valence-corrected chi connectivity index (χ1v) is 10.7. The molecule has 4 rings (SSSR count). The van der Waals surface area contributed by atoms with Gasteiger partial charge >= 0.3 is 0 Å². The van der Waals surface area contributed by atoms with Crippen LogP contribution >= 0.6 is 0 Å². The number of amides is 3. The SMILES string of the molecule is O=C(N[C@@H](C(=O)N1CCCC1)C1CCN(C(=O)C2CC2)CC1)c1ccc(F)cc1. The van der Waals surface area contributed by atoms with Gasteiger partial charge in [-0.15, -0.1) is 0 Å². The molecule has 3 fully saturated rings. The third kappa shape index (κ3) is 4.60. The van der Waals surface area contributed by atoms with Crippen LogP contribution in [0.4, 0.5) is 4.39 Å². The topological polar surface area (TPSA) is 69.7 Å². The number of hydrogen-bond donors (Lipinski definition) is 1. The quantitative estimate of drug-likeness (QED) is 0.822. The van der Waals surface area contributed by atoms with Gasteiger partial charge in [-0.3, -0.25) is 14.4 Å². The second kappa shape index (κ2) is 8.51. The van der Waals surface area contributed by atoms with Crippen molar-refractivity contribution >= 4 is 17.7 Å². The number of nitrogens with one attached hydrogen (secondary N) is 1. The number of rotatable bonds is 5. The minimum Gasteiger partial charge on any atom is -0.342 e. The van der Waals surface area contributed by atoms with Crippen molar-refractivity contribution in [2.45, 2.75) is 44.6 Å². The fourth-order valence-electron chi connectivity index (χ4n) is 4.38. The predicted molar refractivity (Wildman–Crippen MR) is 105 cm³/mol. The van der Waals surface area contributed by atoms with Crippen LogP contribution in [0.5, 0.6) is 0 Å². The minimum absolute atomic E-state index is 0.00393. The second-order valence-corrected chi connectivity index (χ2v) is 8.43. The molecule has 0 radical (unpaired) electrons. The lowest BCUT2D eigenvalue weighted by molar-refractivity contribution is -0.136. The van der Waals surface area contributed by atoms with Crippen LogP contribution in [0.1, 0.15) is 48.9 Å². The second-order valence-electron chi connectivity index (χ2n) is 8.43. The smallest absolute Gasteiger partial charge is 0.251 e. The average Bonchev–Trinajstić information content (AvgIpc) is 3.45. The molecule has 0 aromatic heterocycles. The van der Waals surface area contributed by atoms with E-state index in [0.717, 1.165) is 38.8 Å². The van der Waals surface area contributed by atoms with Gasteiger partial charge in [-0.1, -0.05) is 0 Å². The summed E-state index contributed by atoms with van der Waals surface area (Å²) < 4.78 is 13.2. The average molecular weight is 401 g/mol. The van der Waals surface area contributed by atoms with Crippen LogP contribution in [0.3, 0.4) is 0 Å². The van der Waals surface area contributed by atoms with Crippen LogP contribution < -0.4 is 5.32 Å². The Morgan fingerprint density at radius 1 is 0.897 bits per heavy atom. The van der Waals surface area contributed by atoms with Crippen LogP contribution in [-0.4, -0.2) is 59.7 Å². The van der Waals surface area contributed by atoms with Gasteiger partial charge in [0.2, 0.25) is 11.8 Å². The number of carbonyl (C=O) groups excluding carboxylic acids is 3. The molecule has 1 aliphatic carbocycles. The summed E-state index contributed by atoms with van der Waals surface area (Å²) in [5.41, 5.74) is 0.340. The van der Waals surface area contributed by atoms with E-state index in [9.17, 15) is 18.8 Å². The van der Waals surface area contributed by atoms with E-state index in [-0.39, 0.29) is 29.6 Å². The number of piperidine rings is 1. The molecule has 29 heavy (non-hydrogen) atoms. The van der Waals surface area contributed by atoms with Gasteiger partial charge in [-0.25, -0.2) is 4.39 Å². The Bertz CT molecular complexity index is 764. The minimum atomic E-state index is -0.608. The van der Waals surface area contributed by atoms with Crippen LogP contribution in [0.2, 0.25) is 0 Å². The van der Waals surface area contributed by atoms with E-state index in [1.807, 2.05) is 9.80 Å². The number of hydrogen-bond acceptors (Lipinski definition) is 3. The number of likely N-dealkylation sites (tertiary alicyclic amines) is 2. The molecule has 156 valence electrons. The molecular weight excluding hydrogens is 373 g/mol. The lowest BCUT2D eigenvalue weighted by Crippen LogP contribution is -2.54. The highest BCUT2D eigenvalue weighted by Gasteiger charge is 2.39. The Hall–Kier alpha value is -2.44. The van der Waals surface area contributed by atoms with Crippen LogP contribution in [-0.2, 0) is 9.59 Å². The molecule has 6 nitrogen and oxygen atoms in total. The van der Waals surface area contributed by atoms with Gasteiger partial charge in [-0.2, -0.15) is 0 Å². The summed E-state index contributed by atoms with van der Waals surface area (Å²) >= 11 is 0. The van der Waals surface area contributed by atoms with Crippen molar-refractivity contribution in [3.05, 3.63) is 35.6 Å². The van der Waals surface area contributed by atoms with Crippen molar-refractivity contribution in [3.8, 4) is 0 Å². The zero-order chi connectivity index (χ0) is 20.4. The fraction of sp³-hybridized carbons (Fsp3) is 0.591. The number of halogens is 1. The molecule has 0 unspecified atom stereocenters. The van der Waals surface area contributed by atoms with Crippen molar-refractivity contribution in [1.29, 1.82) is 0 Å². The predicted octanol–water partition coefficient (Wildman–Crippen LogP) is 2.20. The Morgan fingerprint density at radius 2 is 1.52 bits per heavy atom. The van der Waals surface area contributed by atoms with Crippen LogP contribution in [0.25, 0.3) is 0 Å². The maximum absolute atomic E-state index is 13.2. The summed E-state index contributed by atoms with van der Waals surface area (Å²) in [7, 11) is 0. The van der Waals surface area contributed by atoms with Crippen molar-refractivity contribution in [2.24, 2.45) is 11.8 Å². The molecule has 0 spiro atoms. The first-order valence-electron chi connectivity index (χ1n) is 10.7. The number of nitrogens with zero attached hydrogens (tertiary/aromatic N) is 2. The van der Waals surface area contributed by atoms with E-state index >= 15 is 0 Å². The Balaban J connectivity index is 1.44. The van der Waals surface area contributed by atoms with Crippen molar-refractivity contribution in [2.75, 3.05) is 26.2 Å². The molecule has 7 heteroatoms. The van der Waals surface area contributed by atoms with E-state index in [2.05, 4.69) is 5.32 Å². The zero-order valence-electron chi connectivity index (χ0n) is 16.6. The van der Waals surface area contributed by atoms with Gasteiger partial charge in [0.15, 0.2) is 0 Å². The van der Waals surface area contributed by atoms with Crippen LogP contribution in [0.15, 0.2) is 24.3 Å². The first kappa shape index (κ1) is 19.9. The van der Waals surface area contributed by atoms with Crippen molar-refractivity contribution < 1.29 is 18.8 Å². The molecule has 1 N–H and O–H groups in total. The third-order valence-electron chi connectivity index (χ3n) is 6.33. The Kier molecular flexibility index (Phi) is 5.83. The van der Waals surface area contributed by atoms with Crippen LogP contribution in [0, 0.1) is 17.7 Å². The third-order valence-corrected chi connectivity index (χ3v) is 6.33. The summed E-state index contributed by atoms with van der Waals surface area (Å²) in [5, 5.41) is 2.92. The van der Waals surface area contributed by atoms with E-state index in [1.54, 1.807) is 0 Å². The molecule has 2 saturated heterocycles. The van der Waals surface area contributed by atoms with E-state index in [4.69, 9.17) is 0 Å². The molecule has 1 saturated carbocycles. The summed E-state index contributed by atoms with van der Waals surface area (Å²) in [4.78, 5) is 42.0. The molecule has 3 aliphatic rings. The Morgan fingerprint density at radius 3 is 2.10 bits per heavy atom. The monoisotopic (exact) mass is 401 g/mol. The van der Waals surface area contributed by atoms with E-state index < -0.39 is 11.9 Å². The fourth-order valence-corrected chi connectivity index (χ4v) is 4.38. The number of benzene rings is 1. The van der Waals surface area contributed by atoms with Gasteiger partial charge in [0, 0.05) is 37.7 Å². The summed E-state index contributed by atoms with van der Waals surface area (Å²) in [6.07, 6.45) is 5.35. The summed E-state index contributed by atoms with van der Waals surface area (Å²) in [6, 6.07) is 4.74. The highest BCUT2D eigenvalue weighted by molar-refractivity contribution is 5.97. The maximum atomic E-state index is 13.2. The van der Waals surface area contributed by atoms with Gasteiger partial charge in [-0.05, 0) is 68.7 Å². The zero-order valence-corrected chi connectivity index (χ0v) is 16.6. The van der Waals surface area contributed by atoms with E-state index in [1.165, 1.54) is 24.3 Å². The lowest BCUT2D eigenvalue weighted by atomic mass is 9.88. The van der Waals surface area contributed by atoms with Gasteiger partial charge in [0.25, 0.3) is 5.91 Å². The number of carbonyl (C=O) groups is 3. The molecule has 2 aliphatic heterocycles. The Labute approximate surface area is 170 Å². The van der Waals surface area contributed by atoms with Crippen molar-refractivity contribution in [3.63, 3.8) is 0 Å². The van der Waals surface area contributed by atoms with Gasteiger partial charge in [0.1, 0.15) is 11.9 Å². The summed E-state index contributed by atoms with van der Waals surface area (Å²) in [6.45, 7) is 2.72. The first-order chi connectivity index (χ1) is 14.0. The van der Waals surface area contributed by atoms with Gasteiger partial charge in [0.05, 0.1) is 0 Å². The van der Waals surface area contributed by atoms with Crippen molar-refractivity contribution in [1.82, 2.24) is 15.1 Å². The highest BCUT2D eigenvalue weighted by atomic mass is 19.1. The standard InChI is InChI=1S/C22H28FN3O3/c23-18-7-5-16(6-8-18)20(27)24-19(22(29)25-11-1-2-12-25)15-9-13-26(14-10-15)21(28)17-3-4-17/h5-8,15,17,19H,1-4,9-14H2,(H,24,27)/t19-/m1/s1. The normalized spacial score (nSPS) is 21.1. The van der Waals surface area contributed by atoms with E-state index in [0.29, 0.717) is 31.5 Å². The molecular formula is C22H28FN3O3. The largest absolute Gasteiger partial charge is 0.342 e. The molecule has 1 aromatic carbocycles. The molecule has 0 bridgehead atoms.